The van der Waals surface area contributed by atoms with Gasteiger partial charge in [-0.25, -0.2) is 9.13 Å². The van der Waals surface area contributed by atoms with E-state index in [0.717, 1.165) is 102 Å². The summed E-state index contributed by atoms with van der Waals surface area (Å²) in [7, 11) is -9.90. The van der Waals surface area contributed by atoms with Crippen LogP contribution in [0.3, 0.4) is 0 Å². The molecule has 0 rings (SSSR count). The van der Waals surface area contributed by atoms with Crippen LogP contribution in [0.15, 0.2) is 0 Å². The molecule has 0 heterocycles. The number of hydrogen-bond donors (Lipinski definition) is 3. The first-order valence-corrected chi connectivity index (χ1v) is 42.1. The molecule has 19 heteroatoms. The van der Waals surface area contributed by atoms with Gasteiger partial charge in [0.05, 0.1) is 26.4 Å². The van der Waals surface area contributed by atoms with Crippen molar-refractivity contribution in [2.45, 2.75) is 412 Å². The normalized spacial score (nSPS) is 14.0. The smallest absolute Gasteiger partial charge is 0.462 e. The maximum absolute atomic E-state index is 13.1. The topological polar surface area (TPSA) is 237 Å². The first kappa shape index (κ1) is 92.1. The summed E-state index contributed by atoms with van der Waals surface area (Å²) in [6, 6.07) is 0. The molecule has 558 valence electrons. The molecule has 94 heavy (non-hydrogen) atoms. The van der Waals surface area contributed by atoms with Crippen LogP contribution in [0.1, 0.15) is 394 Å². The Morgan fingerprint density at radius 1 is 0.287 bits per heavy atom. The number of aliphatic hydroxyl groups excluding tert-OH is 1. The Labute approximate surface area is 575 Å². The van der Waals surface area contributed by atoms with Crippen molar-refractivity contribution in [3.05, 3.63) is 0 Å². The third-order valence-electron chi connectivity index (χ3n) is 17.5. The van der Waals surface area contributed by atoms with E-state index < -0.39 is 97.5 Å². The van der Waals surface area contributed by atoms with Crippen LogP contribution in [-0.2, 0) is 65.4 Å². The lowest BCUT2D eigenvalue weighted by Gasteiger charge is -2.21. The summed E-state index contributed by atoms with van der Waals surface area (Å²) >= 11 is 0. The van der Waals surface area contributed by atoms with Gasteiger partial charge >= 0.3 is 39.5 Å². The number of hydrogen-bond acceptors (Lipinski definition) is 15. The quantitative estimate of drug-likeness (QED) is 0.0222. The second-order valence-electron chi connectivity index (χ2n) is 27.5. The molecule has 0 fully saturated rings. The molecule has 3 N–H and O–H groups in total. The average molecular weight is 1380 g/mol. The van der Waals surface area contributed by atoms with Crippen molar-refractivity contribution in [2.75, 3.05) is 39.6 Å². The Hall–Kier alpha value is -1.94. The van der Waals surface area contributed by atoms with Gasteiger partial charge in [0.1, 0.15) is 19.3 Å². The molecule has 0 saturated carbocycles. The van der Waals surface area contributed by atoms with Crippen LogP contribution in [0, 0.1) is 5.92 Å². The Balaban J connectivity index is 5.15. The Bertz CT molecular complexity index is 1810. The molecule has 0 aromatic carbocycles. The van der Waals surface area contributed by atoms with Crippen molar-refractivity contribution >= 4 is 39.5 Å². The first-order valence-electron chi connectivity index (χ1n) is 39.1. The number of ether oxygens (including phenoxy) is 4. The summed E-state index contributed by atoms with van der Waals surface area (Å²) in [5.41, 5.74) is 0. The second-order valence-corrected chi connectivity index (χ2v) is 30.4. The van der Waals surface area contributed by atoms with Gasteiger partial charge in [0.2, 0.25) is 0 Å². The van der Waals surface area contributed by atoms with Gasteiger partial charge < -0.3 is 33.8 Å². The fourth-order valence-corrected chi connectivity index (χ4v) is 13.1. The van der Waals surface area contributed by atoms with E-state index in [-0.39, 0.29) is 25.7 Å². The molecule has 2 unspecified atom stereocenters. The Morgan fingerprint density at radius 3 is 0.723 bits per heavy atom. The maximum atomic E-state index is 13.1. The van der Waals surface area contributed by atoms with Crippen LogP contribution >= 0.6 is 15.6 Å². The molecule has 0 aliphatic carbocycles. The predicted octanol–water partition coefficient (Wildman–Crippen LogP) is 22.1. The number of carbonyl (C=O) groups is 4. The zero-order chi connectivity index (χ0) is 69.1. The minimum Gasteiger partial charge on any atom is -0.462 e. The highest BCUT2D eigenvalue weighted by atomic mass is 31.2. The van der Waals surface area contributed by atoms with E-state index >= 15 is 0 Å². The number of rotatable bonds is 75. The van der Waals surface area contributed by atoms with Gasteiger partial charge in [-0.05, 0) is 31.6 Å². The van der Waals surface area contributed by atoms with E-state index in [9.17, 15) is 43.2 Å². The molecule has 0 spiro atoms. The van der Waals surface area contributed by atoms with Gasteiger partial charge in [0.15, 0.2) is 12.2 Å². The molecule has 0 amide bonds. The molecular formula is C75H146O17P2. The third-order valence-corrected chi connectivity index (χ3v) is 19.4. The number of carbonyl (C=O) groups excluding carboxylic acids is 4. The highest BCUT2D eigenvalue weighted by molar-refractivity contribution is 7.47. The fourth-order valence-electron chi connectivity index (χ4n) is 11.5. The molecule has 0 saturated heterocycles. The van der Waals surface area contributed by atoms with Crippen LogP contribution in [0.4, 0.5) is 0 Å². The van der Waals surface area contributed by atoms with E-state index in [0.29, 0.717) is 25.7 Å². The van der Waals surface area contributed by atoms with Crippen molar-refractivity contribution in [2.24, 2.45) is 5.92 Å². The van der Waals surface area contributed by atoms with Gasteiger partial charge in [-0.15, -0.1) is 0 Å². The minimum atomic E-state index is -4.95. The third kappa shape index (κ3) is 68.6. The largest absolute Gasteiger partial charge is 0.472 e. The Kier molecular flexibility index (Phi) is 66.8. The lowest BCUT2D eigenvalue weighted by molar-refractivity contribution is -0.161. The molecule has 0 radical (unpaired) electrons. The van der Waals surface area contributed by atoms with E-state index in [1.165, 1.54) is 212 Å². The van der Waals surface area contributed by atoms with Crippen molar-refractivity contribution in [1.29, 1.82) is 0 Å². The van der Waals surface area contributed by atoms with Crippen LogP contribution < -0.4 is 0 Å². The molecule has 0 aromatic rings. The molecule has 0 aliphatic rings. The SMILES string of the molecule is CCCCCCCCCCCCCCCCCCCCCCCCC(=O)O[C@H](COC(=O)CCCCCCCCCCCCC(C)C)COP(=O)(O)OC[C@@H](O)COP(=O)(O)OC[C@@H](COC(=O)CCCCCCCCCC)OC(=O)CCCCCCCCCCCCC. The summed E-state index contributed by atoms with van der Waals surface area (Å²) in [5, 5.41) is 10.6. The van der Waals surface area contributed by atoms with E-state index in [1.807, 2.05) is 0 Å². The molecular weight excluding hydrogens is 1230 g/mol. The number of phosphoric acid groups is 2. The van der Waals surface area contributed by atoms with Gasteiger partial charge in [-0.2, -0.15) is 0 Å². The first-order chi connectivity index (χ1) is 45.5. The fraction of sp³-hybridized carbons (Fsp3) is 0.947. The van der Waals surface area contributed by atoms with Crippen LogP contribution in [0.2, 0.25) is 0 Å². The van der Waals surface area contributed by atoms with Gasteiger partial charge in [0, 0.05) is 25.7 Å². The van der Waals surface area contributed by atoms with Crippen molar-refractivity contribution in [3.8, 4) is 0 Å². The summed E-state index contributed by atoms with van der Waals surface area (Å²) in [4.78, 5) is 72.6. The van der Waals surface area contributed by atoms with Gasteiger partial charge in [-0.3, -0.25) is 37.3 Å². The van der Waals surface area contributed by atoms with Crippen molar-refractivity contribution in [1.82, 2.24) is 0 Å². The highest BCUT2D eigenvalue weighted by Crippen LogP contribution is 2.45. The zero-order valence-corrected chi connectivity index (χ0v) is 62.9. The summed E-state index contributed by atoms with van der Waals surface area (Å²) in [6.45, 7) is 7.24. The Morgan fingerprint density at radius 2 is 0.489 bits per heavy atom. The summed E-state index contributed by atoms with van der Waals surface area (Å²) < 4.78 is 68.4. The van der Waals surface area contributed by atoms with Crippen LogP contribution in [0.25, 0.3) is 0 Å². The lowest BCUT2D eigenvalue weighted by atomic mass is 10.0. The number of phosphoric ester groups is 2. The molecule has 0 aromatic heterocycles. The number of aliphatic hydroxyl groups is 1. The van der Waals surface area contributed by atoms with E-state index in [1.54, 1.807) is 0 Å². The van der Waals surface area contributed by atoms with Crippen LogP contribution in [0.5, 0.6) is 0 Å². The van der Waals surface area contributed by atoms with Gasteiger partial charge in [-0.1, -0.05) is 343 Å². The summed E-state index contributed by atoms with van der Waals surface area (Å²) in [5.74, 6) is -1.36. The molecule has 5 atom stereocenters. The van der Waals surface area contributed by atoms with Crippen LogP contribution in [-0.4, -0.2) is 96.7 Å². The predicted molar refractivity (Wildman–Crippen MR) is 382 cm³/mol. The second kappa shape index (κ2) is 68.2. The van der Waals surface area contributed by atoms with E-state index in [4.69, 9.17) is 37.0 Å². The zero-order valence-electron chi connectivity index (χ0n) is 61.1. The number of unbranched alkanes of at least 4 members (excludes halogenated alkanes) is 47. The minimum absolute atomic E-state index is 0.107. The lowest BCUT2D eigenvalue weighted by Crippen LogP contribution is -2.30. The standard InChI is InChI=1S/C75H146O17P2/c1-6-9-12-15-18-21-23-24-25-26-27-28-29-30-31-32-33-35-41-46-51-56-61-75(80)92-71(65-86-73(78)59-54-49-44-39-37-36-38-42-47-52-57-68(4)5)67-90-94(83,84)88-63-69(76)62-87-93(81,82)89-66-70(64-85-72(77)58-53-48-43-20-17-14-11-8-3)91-74(79)60-55-50-45-40-34-22-19-16-13-10-7-2/h68-71,76H,6-67H2,1-5H3,(H,81,82)(H,83,84)/t69-,70+,71+/m0/s1. The average Bonchev–Trinajstić information content (AvgIpc) is 2.86. The molecule has 0 aliphatic heterocycles. The molecule has 0 bridgehead atoms. The highest BCUT2D eigenvalue weighted by Gasteiger charge is 2.30. The number of esters is 4. The molecule has 17 nitrogen and oxygen atoms in total. The van der Waals surface area contributed by atoms with Crippen molar-refractivity contribution < 1.29 is 80.2 Å². The van der Waals surface area contributed by atoms with Gasteiger partial charge in [0.25, 0.3) is 0 Å². The van der Waals surface area contributed by atoms with Crippen molar-refractivity contribution in [3.63, 3.8) is 0 Å². The monoisotopic (exact) mass is 1380 g/mol. The maximum Gasteiger partial charge on any atom is 0.472 e. The van der Waals surface area contributed by atoms with E-state index in [2.05, 4.69) is 34.6 Å². The summed E-state index contributed by atoms with van der Waals surface area (Å²) in [6.07, 6.45) is 57.1.